The van der Waals surface area contributed by atoms with Gasteiger partial charge in [-0.3, -0.25) is 9.59 Å². The first-order valence-corrected chi connectivity index (χ1v) is 9.15. The van der Waals surface area contributed by atoms with Crippen LogP contribution in [0.3, 0.4) is 0 Å². The van der Waals surface area contributed by atoms with Gasteiger partial charge in [0.1, 0.15) is 5.60 Å². The lowest BCUT2D eigenvalue weighted by molar-refractivity contribution is -0.162. The van der Waals surface area contributed by atoms with Crippen LogP contribution in [0.5, 0.6) is 0 Å². The standard InChI is InChI=1S/C18H28N4O3/c1-13(2)20(3)15-10-16(23)22(19-11-15)14-6-4-9-21(12-14)17(24)18(25)7-5-8-18/h10-11,13-14,25H,4-9,12H2,1-3H3. The zero-order valence-corrected chi connectivity index (χ0v) is 15.3. The van der Waals surface area contributed by atoms with E-state index in [0.29, 0.717) is 25.9 Å². The number of hydrogen-bond acceptors (Lipinski definition) is 5. The normalized spacial score (nSPS) is 22.6. The predicted molar refractivity (Wildman–Crippen MR) is 95.7 cm³/mol. The van der Waals surface area contributed by atoms with Crippen LogP contribution in [0.15, 0.2) is 17.1 Å². The van der Waals surface area contributed by atoms with E-state index in [4.69, 9.17) is 0 Å². The number of carbonyl (C=O) groups is 1. The lowest BCUT2D eigenvalue weighted by Gasteiger charge is -2.42. The molecule has 1 unspecified atom stereocenters. The molecular formula is C18H28N4O3. The molecule has 1 aromatic rings. The van der Waals surface area contributed by atoms with Crippen molar-refractivity contribution >= 4 is 11.6 Å². The van der Waals surface area contributed by atoms with Crippen LogP contribution in [-0.4, -0.2) is 57.5 Å². The summed E-state index contributed by atoms with van der Waals surface area (Å²) < 4.78 is 1.49. The third-order valence-electron chi connectivity index (χ3n) is 5.60. The molecule has 1 aliphatic heterocycles. The Bertz CT molecular complexity index is 696. The summed E-state index contributed by atoms with van der Waals surface area (Å²) in [6.45, 7) is 5.19. The van der Waals surface area contributed by atoms with E-state index in [1.165, 1.54) is 4.68 Å². The maximum absolute atomic E-state index is 12.5. The molecule has 0 spiro atoms. The summed E-state index contributed by atoms with van der Waals surface area (Å²) in [5.41, 5.74) is -0.528. The Labute approximate surface area is 148 Å². The van der Waals surface area contributed by atoms with Crippen molar-refractivity contribution in [3.05, 3.63) is 22.6 Å². The third kappa shape index (κ3) is 3.42. The first kappa shape index (κ1) is 17.9. The van der Waals surface area contributed by atoms with E-state index >= 15 is 0 Å². The van der Waals surface area contributed by atoms with Crippen molar-refractivity contribution < 1.29 is 9.90 Å². The summed E-state index contributed by atoms with van der Waals surface area (Å²) in [6, 6.07) is 1.75. The van der Waals surface area contributed by atoms with Gasteiger partial charge in [-0.1, -0.05) is 0 Å². The number of likely N-dealkylation sites (tertiary alicyclic amines) is 1. The topological polar surface area (TPSA) is 78.7 Å². The van der Waals surface area contributed by atoms with Crippen molar-refractivity contribution in [3.63, 3.8) is 0 Å². The molecule has 1 N–H and O–H groups in total. The fraction of sp³-hybridized carbons (Fsp3) is 0.722. The van der Waals surface area contributed by atoms with Crippen LogP contribution < -0.4 is 10.5 Å². The lowest BCUT2D eigenvalue weighted by atomic mass is 9.79. The van der Waals surface area contributed by atoms with Crippen LogP contribution in [0.2, 0.25) is 0 Å². The predicted octanol–water partition coefficient (Wildman–Crippen LogP) is 1.17. The molecule has 2 fully saturated rings. The molecule has 7 heteroatoms. The number of piperidine rings is 1. The second kappa shape index (κ2) is 6.78. The minimum absolute atomic E-state index is 0.132. The van der Waals surface area contributed by atoms with Gasteiger partial charge in [-0.15, -0.1) is 0 Å². The van der Waals surface area contributed by atoms with Gasteiger partial charge in [0.2, 0.25) is 0 Å². The average molecular weight is 348 g/mol. The monoisotopic (exact) mass is 348 g/mol. The smallest absolute Gasteiger partial charge is 0.269 e. The van der Waals surface area contributed by atoms with E-state index in [-0.39, 0.29) is 23.6 Å². The highest BCUT2D eigenvalue weighted by atomic mass is 16.3. The molecule has 0 radical (unpaired) electrons. The van der Waals surface area contributed by atoms with E-state index in [1.54, 1.807) is 17.2 Å². The highest BCUT2D eigenvalue weighted by Gasteiger charge is 2.45. The fourth-order valence-electron chi connectivity index (χ4n) is 3.53. The minimum Gasteiger partial charge on any atom is -0.380 e. The van der Waals surface area contributed by atoms with Crippen LogP contribution in [0.4, 0.5) is 5.69 Å². The summed E-state index contributed by atoms with van der Waals surface area (Å²) in [5, 5.41) is 14.7. The molecule has 1 aliphatic carbocycles. The summed E-state index contributed by atoms with van der Waals surface area (Å²) in [7, 11) is 1.94. The second-order valence-corrected chi connectivity index (χ2v) is 7.63. The van der Waals surface area contributed by atoms with Gasteiger partial charge < -0.3 is 14.9 Å². The molecular weight excluding hydrogens is 320 g/mol. The van der Waals surface area contributed by atoms with Crippen molar-refractivity contribution in [2.75, 3.05) is 25.0 Å². The van der Waals surface area contributed by atoms with Crippen molar-refractivity contribution in [3.8, 4) is 0 Å². The van der Waals surface area contributed by atoms with Gasteiger partial charge in [0.15, 0.2) is 0 Å². The number of rotatable bonds is 4. The highest BCUT2D eigenvalue weighted by molar-refractivity contribution is 5.86. The largest absolute Gasteiger partial charge is 0.380 e. The van der Waals surface area contributed by atoms with E-state index in [2.05, 4.69) is 18.9 Å². The zero-order chi connectivity index (χ0) is 18.2. The van der Waals surface area contributed by atoms with Gasteiger partial charge in [0.25, 0.3) is 11.5 Å². The molecule has 1 saturated heterocycles. The zero-order valence-electron chi connectivity index (χ0n) is 15.3. The summed E-state index contributed by atoms with van der Waals surface area (Å²) in [4.78, 5) is 28.8. The fourth-order valence-corrected chi connectivity index (χ4v) is 3.53. The quantitative estimate of drug-likeness (QED) is 0.884. The van der Waals surface area contributed by atoms with Crippen molar-refractivity contribution in [2.45, 2.75) is 63.6 Å². The Morgan fingerprint density at radius 1 is 1.40 bits per heavy atom. The lowest BCUT2D eigenvalue weighted by Crippen LogP contribution is -2.56. The molecule has 7 nitrogen and oxygen atoms in total. The van der Waals surface area contributed by atoms with Crippen molar-refractivity contribution in [2.24, 2.45) is 0 Å². The molecule has 0 bridgehead atoms. The summed E-state index contributed by atoms with van der Waals surface area (Å²) in [6.07, 6.45) is 5.32. The molecule has 2 heterocycles. The number of nitrogens with zero attached hydrogens (tertiary/aromatic N) is 4. The van der Waals surface area contributed by atoms with Crippen LogP contribution in [0, 0.1) is 0 Å². The molecule has 1 amide bonds. The molecule has 0 aromatic carbocycles. The van der Waals surface area contributed by atoms with E-state index < -0.39 is 5.60 Å². The molecule has 25 heavy (non-hydrogen) atoms. The van der Waals surface area contributed by atoms with Gasteiger partial charge in [0, 0.05) is 32.2 Å². The van der Waals surface area contributed by atoms with Gasteiger partial charge in [-0.05, 0) is 46.0 Å². The Morgan fingerprint density at radius 3 is 2.68 bits per heavy atom. The summed E-state index contributed by atoms with van der Waals surface area (Å²) in [5.74, 6) is -0.187. The Balaban J connectivity index is 1.75. The average Bonchev–Trinajstić information content (AvgIpc) is 2.58. The minimum atomic E-state index is -1.18. The number of amides is 1. The molecule has 138 valence electrons. The third-order valence-corrected chi connectivity index (χ3v) is 5.60. The Morgan fingerprint density at radius 2 is 2.12 bits per heavy atom. The molecule has 1 aromatic heterocycles. The number of aromatic nitrogens is 2. The van der Waals surface area contributed by atoms with Gasteiger partial charge in [-0.25, -0.2) is 4.68 Å². The first-order valence-electron chi connectivity index (χ1n) is 9.15. The van der Waals surface area contributed by atoms with Crippen LogP contribution in [0.1, 0.15) is 52.0 Å². The van der Waals surface area contributed by atoms with Crippen molar-refractivity contribution in [1.82, 2.24) is 14.7 Å². The van der Waals surface area contributed by atoms with Crippen LogP contribution in [0.25, 0.3) is 0 Å². The van der Waals surface area contributed by atoms with Gasteiger partial charge in [0.05, 0.1) is 17.9 Å². The van der Waals surface area contributed by atoms with Crippen LogP contribution in [-0.2, 0) is 4.79 Å². The highest BCUT2D eigenvalue weighted by Crippen LogP contribution is 2.34. The summed E-state index contributed by atoms with van der Waals surface area (Å²) >= 11 is 0. The molecule has 3 rings (SSSR count). The van der Waals surface area contributed by atoms with Crippen LogP contribution >= 0.6 is 0 Å². The molecule has 1 atom stereocenters. The molecule has 1 saturated carbocycles. The number of carbonyl (C=O) groups excluding carboxylic acids is 1. The first-order chi connectivity index (χ1) is 11.8. The Hall–Kier alpha value is -1.89. The van der Waals surface area contributed by atoms with E-state index in [1.807, 2.05) is 11.9 Å². The number of hydrogen-bond donors (Lipinski definition) is 1. The van der Waals surface area contributed by atoms with Gasteiger partial charge >= 0.3 is 0 Å². The van der Waals surface area contributed by atoms with E-state index in [9.17, 15) is 14.7 Å². The SMILES string of the molecule is CC(C)N(C)c1cnn(C2CCCN(C(=O)C3(O)CCC3)C2)c(=O)c1. The second-order valence-electron chi connectivity index (χ2n) is 7.63. The van der Waals surface area contributed by atoms with Crippen molar-refractivity contribution in [1.29, 1.82) is 0 Å². The molecule has 2 aliphatic rings. The maximum Gasteiger partial charge on any atom is 0.269 e. The number of aliphatic hydroxyl groups is 1. The van der Waals surface area contributed by atoms with E-state index in [0.717, 1.165) is 24.9 Å². The number of anilines is 1. The maximum atomic E-state index is 12.5. The Kier molecular flexibility index (Phi) is 4.86. The van der Waals surface area contributed by atoms with Gasteiger partial charge in [-0.2, -0.15) is 5.10 Å².